The molecule has 19 heavy (non-hydrogen) atoms. The van der Waals surface area contributed by atoms with Crippen molar-refractivity contribution in [1.82, 2.24) is 9.55 Å². The summed E-state index contributed by atoms with van der Waals surface area (Å²) in [6.07, 6.45) is 5.41. The molecule has 0 aliphatic rings. The molecule has 1 aromatic heterocycles. The highest BCUT2D eigenvalue weighted by Gasteiger charge is 2.10. The molecule has 5 nitrogen and oxygen atoms in total. The summed E-state index contributed by atoms with van der Waals surface area (Å²) < 4.78 is 1.98. The molecule has 0 bridgehead atoms. The molecule has 1 atom stereocenters. The summed E-state index contributed by atoms with van der Waals surface area (Å²) >= 11 is 0. The van der Waals surface area contributed by atoms with Crippen LogP contribution in [0, 0.1) is 5.92 Å². The molecule has 1 heterocycles. The molecule has 1 unspecified atom stereocenters. The van der Waals surface area contributed by atoms with Crippen molar-refractivity contribution in [2.24, 2.45) is 11.7 Å². The number of benzene rings is 1. The third-order valence-corrected chi connectivity index (χ3v) is 2.92. The van der Waals surface area contributed by atoms with Crippen molar-refractivity contribution in [1.29, 1.82) is 0 Å². The molecule has 1 aromatic carbocycles. The number of aromatic nitrogens is 2. The monoisotopic (exact) mass is 258 g/mol. The normalized spacial score (nSPS) is 12.1. The predicted molar refractivity (Wildman–Crippen MR) is 74.6 cm³/mol. The van der Waals surface area contributed by atoms with E-state index in [0.29, 0.717) is 6.54 Å². The number of nitrogens with zero attached hydrogens (tertiary/aromatic N) is 2. The molecule has 1 amide bonds. The Morgan fingerprint density at radius 3 is 3.05 bits per heavy atom. The summed E-state index contributed by atoms with van der Waals surface area (Å²) in [5, 5.41) is 2.87. The Bertz CT molecular complexity index is 536. The lowest BCUT2D eigenvalue weighted by Crippen LogP contribution is -2.26. The number of anilines is 1. The Labute approximate surface area is 112 Å². The van der Waals surface area contributed by atoms with Crippen molar-refractivity contribution in [2.45, 2.75) is 13.5 Å². The lowest BCUT2D eigenvalue weighted by atomic mass is 10.1. The Morgan fingerprint density at radius 1 is 1.53 bits per heavy atom. The van der Waals surface area contributed by atoms with Gasteiger partial charge in [-0.2, -0.15) is 0 Å². The Kier molecular flexibility index (Phi) is 4.30. The van der Waals surface area contributed by atoms with Crippen molar-refractivity contribution >= 4 is 11.6 Å². The van der Waals surface area contributed by atoms with Gasteiger partial charge in [0, 0.05) is 37.1 Å². The van der Waals surface area contributed by atoms with Gasteiger partial charge < -0.3 is 15.6 Å². The average Bonchev–Trinajstić information content (AvgIpc) is 2.91. The van der Waals surface area contributed by atoms with Gasteiger partial charge in [0.15, 0.2) is 0 Å². The first-order valence-corrected chi connectivity index (χ1v) is 6.24. The van der Waals surface area contributed by atoms with Gasteiger partial charge in [-0.05, 0) is 17.7 Å². The fourth-order valence-electron chi connectivity index (χ4n) is 1.71. The van der Waals surface area contributed by atoms with Gasteiger partial charge in [-0.1, -0.05) is 19.1 Å². The highest BCUT2D eigenvalue weighted by molar-refractivity contribution is 5.92. The number of nitrogens with one attached hydrogen (secondary N) is 1. The first-order valence-electron chi connectivity index (χ1n) is 6.24. The number of carbonyl (C=O) groups is 1. The maximum atomic E-state index is 11.8. The molecule has 2 rings (SSSR count). The largest absolute Gasteiger partial charge is 0.333 e. The van der Waals surface area contributed by atoms with Crippen LogP contribution in [0.2, 0.25) is 0 Å². The third-order valence-electron chi connectivity index (χ3n) is 2.92. The standard InChI is InChI=1S/C14H18N4O/c1-11(8-15)14(19)17-13-4-2-3-12(7-13)9-18-6-5-16-10-18/h2-7,10-11H,8-9,15H2,1H3,(H,17,19). The van der Waals surface area contributed by atoms with Gasteiger partial charge >= 0.3 is 0 Å². The molecule has 0 radical (unpaired) electrons. The van der Waals surface area contributed by atoms with E-state index in [4.69, 9.17) is 5.73 Å². The van der Waals surface area contributed by atoms with Crippen LogP contribution in [0.5, 0.6) is 0 Å². The van der Waals surface area contributed by atoms with Gasteiger partial charge in [0.25, 0.3) is 0 Å². The lowest BCUT2D eigenvalue weighted by Gasteiger charge is -2.11. The summed E-state index contributed by atoms with van der Waals surface area (Å²) in [4.78, 5) is 15.8. The maximum Gasteiger partial charge on any atom is 0.228 e. The van der Waals surface area contributed by atoms with Crippen LogP contribution in [-0.4, -0.2) is 22.0 Å². The van der Waals surface area contributed by atoms with Crippen LogP contribution < -0.4 is 11.1 Å². The molecule has 0 saturated heterocycles. The zero-order valence-electron chi connectivity index (χ0n) is 10.9. The zero-order chi connectivity index (χ0) is 13.7. The summed E-state index contributed by atoms with van der Waals surface area (Å²) in [6.45, 7) is 2.89. The highest BCUT2D eigenvalue weighted by Crippen LogP contribution is 2.13. The minimum atomic E-state index is -0.183. The molecule has 0 saturated carbocycles. The van der Waals surface area contributed by atoms with Gasteiger partial charge in [-0.15, -0.1) is 0 Å². The van der Waals surface area contributed by atoms with E-state index in [1.165, 1.54) is 0 Å². The van der Waals surface area contributed by atoms with Crippen molar-refractivity contribution in [3.8, 4) is 0 Å². The third kappa shape index (κ3) is 3.66. The molecule has 0 spiro atoms. The molecule has 0 aliphatic carbocycles. The summed E-state index contributed by atoms with van der Waals surface area (Å²) in [5.74, 6) is -0.236. The van der Waals surface area contributed by atoms with E-state index >= 15 is 0 Å². The number of hydrogen-bond donors (Lipinski definition) is 2. The van der Waals surface area contributed by atoms with Crippen LogP contribution in [0.3, 0.4) is 0 Å². The van der Waals surface area contributed by atoms with Gasteiger partial charge in [0.2, 0.25) is 5.91 Å². The second-order valence-electron chi connectivity index (χ2n) is 4.56. The Hall–Kier alpha value is -2.14. The van der Waals surface area contributed by atoms with Crippen LogP contribution in [0.25, 0.3) is 0 Å². The second kappa shape index (κ2) is 6.15. The number of hydrogen-bond acceptors (Lipinski definition) is 3. The van der Waals surface area contributed by atoms with Crippen LogP contribution in [0.4, 0.5) is 5.69 Å². The van der Waals surface area contributed by atoms with Crippen molar-refractivity contribution in [3.05, 3.63) is 48.5 Å². The zero-order valence-corrected chi connectivity index (χ0v) is 10.9. The smallest absolute Gasteiger partial charge is 0.228 e. The topological polar surface area (TPSA) is 72.9 Å². The van der Waals surface area contributed by atoms with Crippen molar-refractivity contribution in [2.75, 3.05) is 11.9 Å². The summed E-state index contributed by atoms with van der Waals surface area (Å²) in [6, 6.07) is 7.77. The Morgan fingerprint density at radius 2 is 2.37 bits per heavy atom. The summed E-state index contributed by atoms with van der Waals surface area (Å²) in [5.41, 5.74) is 7.38. The number of carbonyl (C=O) groups excluding carboxylic acids is 1. The SMILES string of the molecule is CC(CN)C(=O)Nc1cccc(Cn2ccnc2)c1. The maximum absolute atomic E-state index is 11.8. The summed E-state index contributed by atoms with van der Waals surface area (Å²) in [7, 11) is 0. The minimum absolute atomic E-state index is 0.0534. The lowest BCUT2D eigenvalue weighted by molar-refractivity contribution is -0.119. The molecule has 0 fully saturated rings. The van der Waals surface area contributed by atoms with Crippen LogP contribution in [-0.2, 0) is 11.3 Å². The van der Waals surface area contributed by atoms with Crippen LogP contribution >= 0.6 is 0 Å². The molecular weight excluding hydrogens is 240 g/mol. The fraction of sp³-hybridized carbons (Fsp3) is 0.286. The van der Waals surface area contributed by atoms with Gasteiger partial charge in [0.1, 0.15) is 0 Å². The van der Waals surface area contributed by atoms with E-state index in [-0.39, 0.29) is 11.8 Å². The van der Waals surface area contributed by atoms with Crippen molar-refractivity contribution in [3.63, 3.8) is 0 Å². The van der Waals surface area contributed by atoms with E-state index in [1.807, 2.05) is 42.0 Å². The van der Waals surface area contributed by atoms with Crippen LogP contribution in [0.1, 0.15) is 12.5 Å². The molecular formula is C14H18N4O. The van der Waals surface area contributed by atoms with E-state index in [9.17, 15) is 4.79 Å². The van der Waals surface area contributed by atoms with E-state index in [0.717, 1.165) is 17.8 Å². The quantitative estimate of drug-likeness (QED) is 0.853. The first-order chi connectivity index (χ1) is 9.19. The molecule has 100 valence electrons. The molecule has 2 aromatic rings. The first kappa shape index (κ1) is 13.3. The van der Waals surface area contributed by atoms with Crippen molar-refractivity contribution < 1.29 is 4.79 Å². The fourth-order valence-corrected chi connectivity index (χ4v) is 1.71. The number of imidazole rings is 1. The second-order valence-corrected chi connectivity index (χ2v) is 4.56. The highest BCUT2D eigenvalue weighted by atomic mass is 16.1. The van der Waals surface area contributed by atoms with E-state index in [1.54, 1.807) is 12.5 Å². The average molecular weight is 258 g/mol. The predicted octanol–water partition coefficient (Wildman–Crippen LogP) is 1.46. The van der Waals surface area contributed by atoms with E-state index < -0.39 is 0 Å². The number of amides is 1. The molecule has 3 N–H and O–H groups in total. The molecule has 0 aliphatic heterocycles. The van der Waals surface area contributed by atoms with Crippen LogP contribution in [0.15, 0.2) is 43.0 Å². The number of rotatable bonds is 5. The van der Waals surface area contributed by atoms with E-state index in [2.05, 4.69) is 10.3 Å². The molecule has 5 heteroatoms. The Balaban J connectivity index is 2.05. The minimum Gasteiger partial charge on any atom is -0.333 e. The van der Waals surface area contributed by atoms with Gasteiger partial charge in [-0.3, -0.25) is 4.79 Å². The van der Waals surface area contributed by atoms with Gasteiger partial charge in [0.05, 0.1) is 6.33 Å². The van der Waals surface area contributed by atoms with Gasteiger partial charge in [-0.25, -0.2) is 4.98 Å². The number of nitrogens with two attached hydrogens (primary N) is 1.